The Balaban J connectivity index is 1.46. The van der Waals surface area contributed by atoms with Gasteiger partial charge in [-0.05, 0) is 61.9 Å². The molecule has 2 heterocycles. The monoisotopic (exact) mass is 454 g/mol. The fraction of sp³-hybridized carbons (Fsp3) is 0.179. The van der Waals surface area contributed by atoms with Crippen LogP contribution in [-0.4, -0.2) is 24.2 Å². The summed E-state index contributed by atoms with van der Waals surface area (Å²) in [5.41, 5.74) is 7.07. The van der Waals surface area contributed by atoms with Gasteiger partial charge in [-0.2, -0.15) is 0 Å². The summed E-state index contributed by atoms with van der Waals surface area (Å²) in [7, 11) is 1.68. The average Bonchev–Trinajstić information content (AvgIpc) is 3.48. The molecule has 5 rings (SSSR count). The number of hydrogen-bond acceptors (Lipinski definition) is 5. The maximum absolute atomic E-state index is 5.71. The third-order valence-corrected chi connectivity index (χ3v) is 5.89. The van der Waals surface area contributed by atoms with Crippen LogP contribution >= 0.6 is 0 Å². The van der Waals surface area contributed by atoms with Gasteiger partial charge in [0, 0.05) is 22.5 Å². The summed E-state index contributed by atoms with van der Waals surface area (Å²) in [6.07, 6.45) is 0. The van der Waals surface area contributed by atoms with Gasteiger partial charge in [0.1, 0.15) is 12.4 Å². The topological polar surface area (TPSA) is 54.2 Å². The number of rotatable bonds is 7. The van der Waals surface area contributed by atoms with Gasteiger partial charge in [0.2, 0.25) is 6.79 Å². The van der Waals surface area contributed by atoms with Gasteiger partial charge in [0.05, 0.1) is 18.5 Å². The summed E-state index contributed by atoms with van der Waals surface area (Å²) >= 11 is 0. The number of fused-ring (bicyclic) bond motifs is 1. The van der Waals surface area contributed by atoms with Crippen molar-refractivity contribution in [3.8, 4) is 34.2 Å². The smallest absolute Gasteiger partial charge is 0.231 e. The van der Waals surface area contributed by atoms with Gasteiger partial charge in [-0.3, -0.25) is 0 Å². The third kappa shape index (κ3) is 4.22. The van der Waals surface area contributed by atoms with Crippen LogP contribution in [0.1, 0.15) is 23.7 Å². The van der Waals surface area contributed by atoms with Gasteiger partial charge in [-0.1, -0.05) is 41.6 Å². The van der Waals surface area contributed by atoms with Gasteiger partial charge >= 0.3 is 0 Å². The predicted octanol–water partition coefficient (Wildman–Crippen LogP) is 6.13. The van der Waals surface area contributed by atoms with Crippen molar-refractivity contribution in [3.63, 3.8) is 0 Å². The number of nitrogens with zero attached hydrogens (tertiary/aromatic N) is 2. The van der Waals surface area contributed by atoms with Crippen molar-refractivity contribution in [2.75, 3.05) is 13.9 Å². The number of para-hydroxylation sites is 1. The van der Waals surface area contributed by atoms with Gasteiger partial charge in [-0.25, -0.2) is 0 Å². The molecule has 0 saturated heterocycles. The fourth-order valence-electron chi connectivity index (χ4n) is 4.16. The maximum atomic E-state index is 5.71. The van der Waals surface area contributed by atoms with Crippen LogP contribution in [-0.2, 0) is 11.4 Å². The number of ether oxygens (including phenoxy) is 3. The van der Waals surface area contributed by atoms with Crippen molar-refractivity contribution in [2.24, 2.45) is 5.16 Å². The standard InChI is InChI=1S/C28H26N2O4/c1-19(29-34-17-21-12-13-27-28(14-21)33-18-32-27)25-16-26(22-8-7-11-24(15-22)31-3)30(20(25)2)23-9-5-4-6-10-23/h4-16H,17-18H2,1-3H3/b29-19+. The van der Waals surface area contributed by atoms with E-state index >= 15 is 0 Å². The first-order valence-electron chi connectivity index (χ1n) is 11.1. The van der Waals surface area contributed by atoms with Crippen molar-refractivity contribution < 1.29 is 19.0 Å². The fourth-order valence-corrected chi connectivity index (χ4v) is 4.16. The highest BCUT2D eigenvalue weighted by Crippen LogP contribution is 2.33. The second-order valence-corrected chi connectivity index (χ2v) is 8.07. The highest BCUT2D eigenvalue weighted by molar-refractivity contribution is 6.01. The van der Waals surface area contributed by atoms with Crippen molar-refractivity contribution in [1.82, 2.24) is 4.57 Å². The van der Waals surface area contributed by atoms with Gasteiger partial charge in [0.15, 0.2) is 11.5 Å². The molecule has 0 atom stereocenters. The lowest BCUT2D eigenvalue weighted by Gasteiger charge is -2.13. The Morgan fingerprint density at radius 3 is 2.59 bits per heavy atom. The van der Waals surface area contributed by atoms with E-state index in [0.717, 1.165) is 56.7 Å². The van der Waals surface area contributed by atoms with Crippen LogP contribution in [0.25, 0.3) is 16.9 Å². The Morgan fingerprint density at radius 2 is 1.76 bits per heavy atom. The number of oxime groups is 1. The zero-order valence-corrected chi connectivity index (χ0v) is 19.4. The largest absolute Gasteiger partial charge is 0.497 e. The van der Waals surface area contributed by atoms with E-state index < -0.39 is 0 Å². The second kappa shape index (κ2) is 9.35. The molecule has 4 aromatic rings. The molecule has 1 aromatic heterocycles. The lowest BCUT2D eigenvalue weighted by molar-refractivity contribution is 0.130. The molecular formula is C28H26N2O4. The van der Waals surface area contributed by atoms with E-state index in [-0.39, 0.29) is 6.79 Å². The number of hydrogen-bond donors (Lipinski definition) is 0. The van der Waals surface area contributed by atoms with E-state index in [9.17, 15) is 0 Å². The summed E-state index contributed by atoms with van der Waals surface area (Å²) < 4.78 is 18.5. The van der Waals surface area contributed by atoms with Crippen LogP contribution in [0.5, 0.6) is 17.2 Å². The van der Waals surface area contributed by atoms with Gasteiger partial charge in [0.25, 0.3) is 0 Å². The molecule has 172 valence electrons. The maximum Gasteiger partial charge on any atom is 0.231 e. The molecule has 0 N–H and O–H groups in total. The molecule has 0 radical (unpaired) electrons. The molecule has 0 unspecified atom stereocenters. The Morgan fingerprint density at radius 1 is 0.941 bits per heavy atom. The summed E-state index contributed by atoms with van der Waals surface area (Å²) in [5.74, 6) is 2.31. The second-order valence-electron chi connectivity index (χ2n) is 8.07. The van der Waals surface area contributed by atoms with Gasteiger partial charge in [-0.15, -0.1) is 0 Å². The number of methoxy groups -OCH3 is 1. The molecule has 0 fully saturated rings. The van der Waals surface area contributed by atoms with E-state index in [4.69, 9.17) is 19.0 Å². The zero-order valence-electron chi connectivity index (χ0n) is 19.4. The minimum absolute atomic E-state index is 0.254. The van der Waals surface area contributed by atoms with Crippen LogP contribution in [0.2, 0.25) is 0 Å². The Labute approximate surface area is 199 Å². The first kappa shape index (κ1) is 21.6. The molecule has 0 saturated carbocycles. The molecule has 34 heavy (non-hydrogen) atoms. The first-order chi connectivity index (χ1) is 16.6. The molecule has 6 heteroatoms. The minimum atomic E-state index is 0.254. The average molecular weight is 455 g/mol. The lowest BCUT2D eigenvalue weighted by atomic mass is 10.1. The van der Waals surface area contributed by atoms with Crippen molar-refractivity contribution in [1.29, 1.82) is 0 Å². The van der Waals surface area contributed by atoms with E-state index in [1.54, 1.807) is 7.11 Å². The summed E-state index contributed by atoms with van der Waals surface area (Å²) in [4.78, 5) is 5.71. The number of benzene rings is 3. The molecule has 0 aliphatic carbocycles. The summed E-state index contributed by atoms with van der Waals surface area (Å²) in [6, 6.07) is 26.3. The Kier molecular flexibility index (Phi) is 5.95. The lowest BCUT2D eigenvalue weighted by Crippen LogP contribution is -2.02. The normalized spacial score (nSPS) is 12.6. The highest BCUT2D eigenvalue weighted by Gasteiger charge is 2.18. The third-order valence-electron chi connectivity index (χ3n) is 5.89. The first-order valence-corrected chi connectivity index (χ1v) is 11.1. The van der Waals surface area contributed by atoms with Crippen molar-refractivity contribution in [3.05, 3.63) is 95.7 Å². The summed E-state index contributed by atoms with van der Waals surface area (Å²) in [5, 5.41) is 4.43. The van der Waals surface area contributed by atoms with Crippen LogP contribution < -0.4 is 14.2 Å². The van der Waals surface area contributed by atoms with E-state index in [0.29, 0.717) is 6.61 Å². The van der Waals surface area contributed by atoms with E-state index in [1.807, 2.05) is 61.5 Å². The molecule has 3 aromatic carbocycles. The van der Waals surface area contributed by atoms with Crippen molar-refractivity contribution in [2.45, 2.75) is 20.5 Å². The molecule has 0 spiro atoms. The molecule has 0 bridgehead atoms. The van der Waals surface area contributed by atoms with E-state index in [1.165, 1.54) is 0 Å². The Hall–Kier alpha value is -4.19. The Bertz CT molecular complexity index is 1340. The molecular weight excluding hydrogens is 428 g/mol. The number of aromatic nitrogens is 1. The quantitative estimate of drug-likeness (QED) is 0.249. The van der Waals surface area contributed by atoms with Crippen LogP contribution in [0, 0.1) is 6.92 Å². The molecule has 0 amide bonds. The van der Waals surface area contributed by atoms with Crippen LogP contribution in [0.3, 0.4) is 0 Å². The van der Waals surface area contributed by atoms with Crippen molar-refractivity contribution >= 4 is 5.71 Å². The van der Waals surface area contributed by atoms with Gasteiger partial charge < -0.3 is 23.6 Å². The van der Waals surface area contributed by atoms with E-state index in [2.05, 4.69) is 40.9 Å². The van der Waals surface area contributed by atoms with Crippen LogP contribution in [0.4, 0.5) is 0 Å². The zero-order chi connectivity index (χ0) is 23.5. The highest BCUT2D eigenvalue weighted by atomic mass is 16.7. The molecule has 1 aliphatic heterocycles. The minimum Gasteiger partial charge on any atom is -0.497 e. The molecule has 1 aliphatic rings. The predicted molar refractivity (Wildman–Crippen MR) is 132 cm³/mol. The SMILES string of the molecule is COc1cccc(-c2cc(/C(C)=N/OCc3ccc4c(c3)OCO4)c(C)n2-c2ccccc2)c1. The molecule has 6 nitrogen and oxygen atoms in total. The summed E-state index contributed by atoms with van der Waals surface area (Å²) in [6.45, 7) is 4.66. The van der Waals surface area contributed by atoms with Crippen LogP contribution in [0.15, 0.2) is 84.0 Å².